The molecule has 0 saturated heterocycles. The molecule has 0 N–H and O–H groups in total. The van der Waals surface area contributed by atoms with Crippen molar-refractivity contribution < 1.29 is 4.42 Å². The van der Waals surface area contributed by atoms with Gasteiger partial charge in [-0.2, -0.15) is 0 Å². The van der Waals surface area contributed by atoms with E-state index in [1.807, 2.05) is 91.0 Å². The summed E-state index contributed by atoms with van der Waals surface area (Å²) in [6.07, 6.45) is 0. The van der Waals surface area contributed by atoms with Crippen LogP contribution in [0.25, 0.3) is 106 Å². The van der Waals surface area contributed by atoms with Crippen LogP contribution in [0.4, 0.5) is 0 Å². The van der Waals surface area contributed by atoms with Gasteiger partial charge < -0.3 is 8.98 Å². The van der Waals surface area contributed by atoms with Gasteiger partial charge in [-0.25, -0.2) is 19.9 Å². The molecule has 0 aliphatic carbocycles. The van der Waals surface area contributed by atoms with Gasteiger partial charge >= 0.3 is 0 Å². The SMILES string of the molecule is c1ccc(-c2nc(-c3ccccc3)nc(-c3cccc(-c4ccc(-n5c6cc7ccccc7cc6c6ccc7nc(-c8ccccc8)oc7c65)cc4)c3)n2)cc1. The molecular weight excluding hydrogens is 687 g/mol. The van der Waals surface area contributed by atoms with Crippen molar-refractivity contribution in [2.24, 2.45) is 0 Å². The third kappa shape index (κ3) is 5.43. The first-order chi connectivity index (χ1) is 27.7. The molecule has 56 heavy (non-hydrogen) atoms. The van der Waals surface area contributed by atoms with E-state index in [4.69, 9.17) is 24.4 Å². The summed E-state index contributed by atoms with van der Waals surface area (Å²) in [7, 11) is 0. The van der Waals surface area contributed by atoms with Gasteiger partial charge in [0.2, 0.25) is 5.89 Å². The fourth-order valence-electron chi connectivity index (χ4n) is 7.72. The van der Waals surface area contributed by atoms with E-state index in [2.05, 4.69) is 102 Å². The van der Waals surface area contributed by atoms with E-state index < -0.39 is 0 Å². The number of benzene rings is 8. The normalized spacial score (nSPS) is 11.6. The number of hydrogen-bond acceptors (Lipinski definition) is 5. The van der Waals surface area contributed by atoms with Crippen LogP contribution in [-0.4, -0.2) is 24.5 Å². The van der Waals surface area contributed by atoms with Gasteiger partial charge in [-0.3, -0.25) is 0 Å². The Morgan fingerprint density at radius 2 is 0.929 bits per heavy atom. The van der Waals surface area contributed by atoms with Crippen LogP contribution < -0.4 is 0 Å². The second-order valence-electron chi connectivity index (χ2n) is 13.9. The molecule has 0 atom stereocenters. The Morgan fingerprint density at radius 1 is 0.375 bits per heavy atom. The molecular formula is C50H31N5O. The number of fused-ring (bicyclic) bond motifs is 6. The number of aromatic nitrogens is 5. The molecule has 6 nitrogen and oxygen atoms in total. The highest BCUT2D eigenvalue weighted by atomic mass is 16.3. The van der Waals surface area contributed by atoms with Gasteiger partial charge in [0.25, 0.3) is 0 Å². The zero-order valence-electron chi connectivity index (χ0n) is 30.0. The molecule has 0 unspecified atom stereocenters. The van der Waals surface area contributed by atoms with Gasteiger partial charge in [0.05, 0.1) is 11.0 Å². The van der Waals surface area contributed by atoms with Crippen LogP contribution in [0, 0.1) is 0 Å². The van der Waals surface area contributed by atoms with Crippen LogP contribution >= 0.6 is 0 Å². The van der Waals surface area contributed by atoms with E-state index in [0.29, 0.717) is 23.4 Å². The lowest BCUT2D eigenvalue weighted by Crippen LogP contribution is -2.00. The van der Waals surface area contributed by atoms with Crippen LogP contribution in [0.3, 0.4) is 0 Å². The Kier molecular flexibility index (Phi) is 7.38. The second kappa shape index (κ2) is 13.0. The first kappa shape index (κ1) is 31.8. The first-order valence-corrected chi connectivity index (χ1v) is 18.6. The van der Waals surface area contributed by atoms with E-state index in [1.54, 1.807) is 0 Å². The molecule has 0 aliphatic heterocycles. The summed E-state index contributed by atoms with van der Waals surface area (Å²) in [5, 5.41) is 4.66. The van der Waals surface area contributed by atoms with Crippen LogP contribution in [0.1, 0.15) is 0 Å². The van der Waals surface area contributed by atoms with E-state index in [-0.39, 0.29) is 0 Å². The van der Waals surface area contributed by atoms with Crippen LogP contribution in [0.2, 0.25) is 0 Å². The summed E-state index contributed by atoms with van der Waals surface area (Å²) < 4.78 is 8.95. The molecule has 0 saturated carbocycles. The monoisotopic (exact) mass is 717 g/mol. The van der Waals surface area contributed by atoms with Crippen molar-refractivity contribution in [2.75, 3.05) is 0 Å². The van der Waals surface area contributed by atoms with Crippen molar-refractivity contribution in [1.82, 2.24) is 24.5 Å². The zero-order chi connectivity index (χ0) is 37.0. The molecule has 6 heteroatoms. The zero-order valence-corrected chi connectivity index (χ0v) is 30.0. The Bertz CT molecular complexity index is 3170. The Morgan fingerprint density at radius 3 is 1.59 bits per heavy atom. The molecule has 0 fully saturated rings. The fourth-order valence-corrected chi connectivity index (χ4v) is 7.72. The summed E-state index contributed by atoms with van der Waals surface area (Å²) in [5.41, 5.74) is 10.6. The lowest BCUT2D eigenvalue weighted by Gasteiger charge is -2.11. The summed E-state index contributed by atoms with van der Waals surface area (Å²) in [5.74, 6) is 2.51. The topological polar surface area (TPSA) is 69.6 Å². The minimum absolute atomic E-state index is 0.607. The molecule has 11 aromatic rings. The predicted molar refractivity (Wildman–Crippen MR) is 226 cm³/mol. The van der Waals surface area contributed by atoms with Gasteiger partial charge in [0, 0.05) is 38.7 Å². The van der Waals surface area contributed by atoms with Crippen LogP contribution in [-0.2, 0) is 0 Å². The highest BCUT2D eigenvalue weighted by Gasteiger charge is 2.20. The predicted octanol–water partition coefficient (Wildman–Crippen LogP) is 12.6. The molecule has 262 valence electrons. The van der Waals surface area contributed by atoms with Crippen molar-refractivity contribution in [1.29, 1.82) is 0 Å². The van der Waals surface area contributed by atoms with Gasteiger partial charge in [0.15, 0.2) is 23.1 Å². The number of nitrogens with zero attached hydrogens (tertiary/aromatic N) is 5. The molecule has 0 radical (unpaired) electrons. The molecule has 0 spiro atoms. The number of rotatable bonds is 6. The molecule has 3 heterocycles. The highest BCUT2D eigenvalue weighted by Crippen LogP contribution is 2.40. The molecule has 0 amide bonds. The van der Waals surface area contributed by atoms with Crippen LogP contribution in [0.5, 0.6) is 0 Å². The summed E-state index contributed by atoms with van der Waals surface area (Å²) in [4.78, 5) is 19.7. The Labute approximate surface area is 322 Å². The molecule has 11 rings (SSSR count). The molecule has 0 bridgehead atoms. The lowest BCUT2D eigenvalue weighted by atomic mass is 10.0. The number of hydrogen-bond donors (Lipinski definition) is 0. The van der Waals surface area contributed by atoms with Crippen molar-refractivity contribution in [3.8, 4) is 62.4 Å². The van der Waals surface area contributed by atoms with Gasteiger partial charge in [0.1, 0.15) is 5.52 Å². The maximum Gasteiger partial charge on any atom is 0.227 e. The third-order valence-corrected chi connectivity index (χ3v) is 10.4. The fraction of sp³-hybridized carbons (Fsp3) is 0. The first-order valence-electron chi connectivity index (χ1n) is 18.6. The van der Waals surface area contributed by atoms with E-state index in [1.165, 1.54) is 10.8 Å². The molecule has 3 aromatic heterocycles. The van der Waals surface area contributed by atoms with Gasteiger partial charge in [-0.15, -0.1) is 0 Å². The van der Waals surface area contributed by atoms with Crippen LogP contribution in [0.15, 0.2) is 192 Å². The van der Waals surface area contributed by atoms with E-state index >= 15 is 0 Å². The van der Waals surface area contributed by atoms with Gasteiger partial charge in [-0.1, -0.05) is 133 Å². The van der Waals surface area contributed by atoms with Crippen molar-refractivity contribution in [2.45, 2.75) is 0 Å². The Balaban J connectivity index is 1.04. The average molecular weight is 718 g/mol. The van der Waals surface area contributed by atoms with Crippen molar-refractivity contribution in [3.05, 3.63) is 188 Å². The maximum absolute atomic E-state index is 6.63. The summed E-state index contributed by atoms with van der Waals surface area (Å²) in [6.45, 7) is 0. The van der Waals surface area contributed by atoms with E-state index in [0.717, 1.165) is 72.0 Å². The maximum atomic E-state index is 6.63. The molecule has 0 aliphatic rings. The smallest absolute Gasteiger partial charge is 0.227 e. The van der Waals surface area contributed by atoms with E-state index in [9.17, 15) is 0 Å². The largest absolute Gasteiger partial charge is 0.434 e. The highest BCUT2D eigenvalue weighted by molar-refractivity contribution is 6.19. The van der Waals surface area contributed by atoms with Gasteiger partial charge in [-0.05, 0) is 76.5 Å². The average Bonchev–Trinajstić information content (AvgIpc) is 3.86. The summed E-state index contributed by atoms with van der Waals surface area (Å²) in [6, 6.07) is 64.7. The minimum Gasteiger partial charge on any atom is -0.434 e. The van der Waals surface area contributed by atoms with Crippen molar-refractivity contribution >= 4 is 43.7 Å². The molecule has 8 aromatic carbocycles. The quantitative estimate of drug-likeness (QED) is 0.171. The minimum atomic E-state index is 0.607. The number of oxazole rings is 1. The Hall–Kier alpha value is -7.70. The lowest BCUT2D eigenvalue weighted by molar-refractivity contribution is 0.622. The summed E-state index contributed by atoms with van der Waals surface area (Å²) >= 11 is 0. The van der Waals surface area contributed by atoms with Crippen molar-refractivity contribution in [3.63, 3.8) is 0 Å². The second-order valence-corrected chi connectivity index (χ2v) is 13.9. The third-order valence-electron chi connectivity index (χ3n) is 10.4. The standard InChI is InChI=1S/C50H31N5O/c1-4-13-33(14-5-1)47-52-48(34-15-6-2-7-16-34)54-49(53-47)39-22-12-21-36(29-39)32-23-25-40(26-24-32)55-44-31-38-20-11-10-19-37(38)30-42(44)41-27-28-43-46(45(41)55)56-50(51-43)35-17-8-3-9-18-35/h1-31H.